The minimum Gasteiger partial charge on any atom is -0.386 e. The molecule has 2 aromatic carbocycles. The number of carbonyl (C=O) groups is 1. The first kappa shape index (κ1) is 27.4. The van der Waals surface area contributed by atoms with Crippen LogP contribution in [0, 0.1) is 0 Å². The molecule has 0 saturated carbocycles. The van der Waals surface area contributed by atoms with Crippen molar-refractivity contribution < 1.29 is 23.1 Å². The number of aliphatic imine (C=N–C) groups is 1. The number of amidine groups is 1. The number of carbonyl (C=O) groups excluding carboxylic acids is 1. The lowest BCUT2D eigenvalue weighted by molar-refractivity contribution is -0.138. The SMILES string of the molecule is C[C@@H]1CN(C2=NC(=O)/C(=C/c3ccc4c(cnn4Cc4ccc(C(C)(C)O)cc4C(F)(F)F)c3)S2)C[C@H](C)N1. The first-order valence-corrected chi connectivity index (χ1v) is 13.5. The molecule has 2 atom stereocenters. The van der Waals surface area contributed by atoms with Crippen LogP contribution in [-0.2, 0) is 23.1 Å². The summed E-state index contributed by atoms with van der Waals surface area (Å²) in [5.74, 6) is -0.279. The zero-order valence-electron chi connectivity index (χ0n) is 22.1. The number of alkyl halides is 3. The molecule has 3 heterocycles. The number of aliphatic hydroxyl groups is 1. The molecular formula is C28H30F3N5O2S. The van der Waals surface area contributed by atoms with Crippen LogP contribution in [0.1, 0.15) is 49.9 Å². The smallest absolute Gasteiger partial charge is 0.386 e. The van der Waals surface area contributed by atoms with Gasteiger partial charge in [0.15, 0.2) is 5.17 Å². The molecule has 7 nitrogen and oxygen atoms in total. The molecule has 1 aromatic heterocycles. The Morgan fingerprint density at radius 2 is 1.85 bits per heavy atom. The van der Waals surface area contributed by atoms with E-state index in [2.05, 4.69) is 34.2 Å². The van der Waals surface area contributed by atoms with Gasteiger partial charge < -0.3 is 15.3 Å². The van der Waals surface area contributed by atoms with Crippen LogP contribution in [-0.4, -0.2) is 56.0 Å². The molecule has 3 aromatic rings. The first-order valence-electron chi connectivity index (χ1n) is 12.7. The second-order valence-electron chi connectivity index (χ2n) is 10.7. The van der Waals surface area contributed by atoms with Crippen molar-refractivity contribution in [1.82, 2.24) is 20.0 Å². The van der Waals surface area contributed by atoms with E-state index in [9.17, 15) is 23.1 Å². The van der Waals surface area contributed by atoms with E-state index in [1.165, 1.54) is 42.4 Å². The Morgan fingerprint density at radius 3 is 2.51 bits per heavy atom. The summed E-state index contributed by atoms with van der Waals surface area (Å²) in [6.07, 6.45) is -1.19. The van der Waals surface area contributed by atoms with Gasteiger partial charge in [-0.15, -0.1) is 0 Å². The summed E-state index contributed by atoms with van der Waals surface area (Å²) >= 11 is 1.36. The largest absolute Gasteiger partial charge is 0.416 e. The highest BCUT2D eigenvalue weighted by Crippen LogP contribution is 2.36. The summed E-state index contributed by atoms with van der Waals surface area (Å²) in [7, 11) is 0. The summed E-state index contributed by atoms with van der Waals surface area (Å²) < 4.78 is 43.1. The van der Waals surface area contributed by atoms with E-state index in [1.807, 2.05) is 12.1 Å². The van der Waals surface area contributed by atoms with E-state index in [0.717, 1.165) is 30.1 Å². The molecule has 2 N–H and O–H groups in total. The molecule has 0 aliphatic carbocycles. The van der Waals surface area contributed by atoms with Crippen LogP contribution in [0.25, 0.3) is 17.0 Å². The average molecular weight is 558 g/mol. The number of amides is 1. The number of nitrogens with one attached hydrogen (secondary N) is 1. The van der Waals surface area contributed by atoms with Crippen LogP contribution in [0.5, 0.6) is 0 Å². The van der Waals surface area contributed by atoms with E-state index >= 15 is 0 Å². The molecule has 206 valence electrons. The van der Waals surface area contributed by atoms with Crippen molar-refractivity contribution in [3.05, 3.63) is 69.8 Å². The molecule has 0 spiro atoms. The maximum Gasteiger partial charge on any atom is 0.416 e. The van der Waals surface area contributed by atoms with E-state index in [1.54, 1.807) is 18.3 Å². The monoisotopic (exact) mass is 557 g/mol. The van der Waals surface area contributed by atoms with Gasteiger partial charge in [0.1, 0.15) is 0 Å². The Hall–Kier alpha value is -3.15. The van der Waals surface area contributed by atoms with Crippen molar-refractivity contribution in [3.63, 3.8) is 0 Å². The number of fused-ring (bicyclic) bond motifs is 1. The second-order valence-corrected chi connectivity index (χ2v) is 11.7. The van der Waals surface area contributed by atoms with Crippen LogP contribution < -0.4 is 5.32 Å². The molecule has 0 bridgehead atoms. The van der Waals surface area contributed by atoms with Gasteiger partial charge >= 0.3 is 6.18 Å². The van der Waals surface area contributed by atoms with E-state index in [-0.39, 0.29) is 23.6 Å². The van der Waals surface area contributed by atoms with Gasteiger partial charge in [-0.3, -0.25) is 9.48 Å². The number of halogens is 3. The highest BCUT2D eigenvalue weighted by molar-refractivity contribution is 8.18. The van der Waals surface area contributed by atoms with Crippen LogP contribution in [0.3, 0.4) is 0 Å². The Morgan fingerprint density at radius 1 is 1.13 bits per heavy atom. The number of aromatic nitrogens is 2. The zero-order chi connectivity index (χ0) is 28.1. The van der Waals surface area contributed by atoms with Gasteiger partial charge in [-0.05, 0) is 80.4 Å². The van der Waals surface area contributed by atoms with Gasteiger partial charge in [-0.25, -0.2) is 0 Å². The van der Waals surface area contributed by atoms with Gasteiger partial charge in [-0.1, -0.05) is 18.2 Å². The lowest BCUT2D eigenvalue weighted by Gasteiger charge is -2.36. The molecule has 1 fully saturated rings. The van der Waals surface area contributed by atoms with Gasteiger partial charge in [0.2, 0.25) is 0 Å². The fourth-order valence-corrected chi connectivity index (χ4v) is 5.94. The van der Waals surface area contributed by atoms with Gasteiger partial charge in [-0.2, -0.15) is 23.3 Å². The normalized spacial score (nSPS) is 21.7. The van der Waals surface area contributed by atoms with Crippen molar-refractivity contribution in [3.8, 4) is 0 Å². The molecule has 2 aliphatic heterocycles. The minimum atomic E-state index is -4.58. The molecule has 2 aliphatic rings. The molecular weight excluding hydrogens is 527 g/mol. The summed E-state index contributed by atoms with van der Waals surface area (Å²) in [5.41, 5.74) is -0.498. The van der Waals surface area contributed by atoms with Crippen LogP contribution in [0.4, 0.5) is 13.2 Å². The predicted octanol–water partition coefficient (Wildman–Crippen LogP) is 4.98. The molecule has 39 heavy (non-hydrogen) atoms. The van der Waals surface area contributed by atoms with Crippen LogP contribution in [0.2, 0.25) is 0 Å². The molecule has 5 rings (SSSR count). The summed E-state index contributed by atoms with van der Waals surface area (Å²) in [4.78, 5) is 19.5. The topological polar surface area (TPSA) is 82.8 Å². The standard InChI is InChI=1S/C28H30F3N5O2S/c1-16-13-35(14-17(2)33-16)26-34-25(37)24(39-26)10-18-5-8-23-20(9-18)12-32-36(23)15-19-6-7-21(27(3,4)38)11-22(19)28(29,30)31/h5-12,16-17,33,38H,13-15H2,1-4H3/b24-10-/t16-,17+. The number of nitrogens with zero attached hydrogens (tertiary/aromatic N) is 4. The molecule has 11 heteroatoms. The van der Waals surface area contributed by atoms with Gasteiger partial charge in [0.25, 0.3) is 5.91 Å². The van der Waals surface area contributed by atoms with E-state index in [0.29, 0.717) is 27.7 Å². The third-order valence-electron chi connectivity index (χ3n) is 6.84. The van der Waals surface area contributed by atoms with Crippen molar-refractivity contribution in [1.29, 1.82) is 0 Å². The third kappa shape index (κ3) is 5.90. The van der Waals surface area contributed by atoms with E-state index in [4.69, 9.17) is 0 Å². The maximum absolute atomic E-state index is 13.9. The van der Waals surface area contributed by atoms with Crippen molar-refractivity contribution in [2.45, 2.75) is 58.1 Å². The Labute approximate surface area is 228 Å². The van der Waals surface area contributed by atoms with Crippen molar-refractivity contribution in [2.75, 3.05) is 13.1 Å². The number of hydrogen-bond donors (Lipinski definition) is 2. The average Bonchev–Trinajstić information content (AvgIpc) is 3.40. The first-order chi connectivity index (χ1) is 18.3. The van der Waals surface area contributed by atoms with Crippen LogP contribution in [0.15, 0.2) is 52.5 Å². The number of rotatable bonds is 4. The Balaban J connectivity index is 1.37. The predicted molar refractivity (Wildman–Crippen MR) is 147 cm³/mol. The number of benzene rings is 2. The summed E-state index contributed by atoms with van der Waals surface area (Å²) in [5, 5.41) is 19.4. The molecule has 1 amide bonds. The molecule has 0 unspecified atom stereocenters. The zero-order valence-corrected chi connectivity index (χ0v) is 22.9. The van der Waals surface area contributed by atoms with E-state index < -0.39 is 17.3 Å². The fraction of sp³-hybridized carbons (Fsp3) is 0.393. The second kappa shape index (κ2) is 10.1. The third-order valence-corrected chi connectivity index (χ3v) is 7.89. The lowest BCUT2D eigenvalue weighted by Crippen LogP contribution is -2.55. The Kier molecular flexibility index (Phi) is 7.11. The fourth-order valence-electron chi connectivity index (χ4n) is 5.01. The lowest BCUT2D eigenvalue weighted by atomic mass is 9.93. The van der Waals surface area contributed by atoms with Crippen LogP contribution >= 0.6 is 11.8 Å². The van der Waals surface area contributed by atoms with Gasteiger partial charge in [0.05, 0.1) is 34.3 Å². The highest BCUT2D eigenvalue weighted by Gasteiger charge is 2.35. The minimum absolute atomic E-state index is 0.0564. The summed E-state index contributed by atoms with van der Waals surface area (Å²) in [6, 6.07) is 9.96. The number of hydrogen-bond acceptors (Lipinski definition) is 6. The number of thioether (sulfide) groups is 1. The van der Waals surface area contributed by atoms with Gasteiger partial charge in [0, 0.05) is 30.6 Å². The van der Waals surface area contributed by atoms with Crippen molar-refractivity contribution >= 4 is 39.8 Å². The molecule has 1 saturated heterocycles. The quantitative estimate of drug-likeness (QED) is 0.441. The van der Waals surface area contributed by atoms with Crippen molar-refractivity contribution in [2.24, 2.45) is 4.99 Å². The highest BCUT2D eigenvalue weighted by atomic mass is 32.2. The summed E-state index contributed by atoms with van der Waals surface area (Å²) in [6.45, 7) is 8.57. The Bertz CT molecular complexity index is 1480. The maximum atomic E-state index is 13.9. The number of piperazine rings is 1. The molecule has 0 radical (unpaired) electrons.